The zero-order valence-corrected chi connectivity index (χ0v) is 15.9. The number of carboxylic acids is 1. The number of carbonyl (C=O) groups excluding carboxylic acids is 2. The van der Waals surface area contributed by atoms with Gasteiger partial charge in [-0.05, 0) is 30.5 Å². The first-order valence-corrected chi connectivity index (χ1v) is 9.08. The van der Waals surface area contributed by atoms with E-state index in [1.54, 1.807) is 35.9 Å². The number of nitrogens with zero attached hydrogens (tertiary/aromatic N) is 2. The second-order valence-electron chi connectivity index (χ2n) is 7.47. The number of hydrogen-bond donors (Lipinski definition) is 1. The van der Waals surface area contributed by atoms with E-state index in [0.29, 0.717) is 12.1 Å². The lowest BCUT2D eigenvalue weighted by Gasteiger charge is -2.24. The van der Waals surface area contributed by atoms with Crippen molar-refractivity contribution in [2.24, 2.45) is 11.8 Å². The summed E-state index contributed by atoms with van der Waals surface area (Å²) in [4.78, 5) is 39.2. The number of carbonyl (C=O) groups is 3. The summed E-state index contributed by atoms with van der Waals surface area (Å²) in [5.74, 6) is -1.58. The van der Waals surface area contributed by atoms with Crippen LogP contribution in [0.5, 0.6) is 0 Å². The van der Waals surface area contributed by atoms with E-state index in [0.717, 1.165) is 18.4 Å². The third-order valence-electron chi connectivity index (χ3n) is 4.63. The van der Waals surface area contributed by atoms with Crippen LogP contribution in [0.25, 0.3) is 0 Å². The van der Waals surface area contributed by atoms with Gasteiger partial charge in [-0.1, -0.05) is 32.9 Å². The Morgan fingerprint density at radius 3 is 2.15 bits per heavy atom. The van der Waals surface area contributed by atoms with E-state index in [1.165, 1.54) is 0 Å². The van der Waals surface area contributed by atoms with E-state index in [9.17, 15) is 14.4 Å². The Morgan fingerprint density at radius 2 is 1.69 bits per heavy atom. The molecule has 1 saturated carbocycles. The Kier molecular flexibility index (Phi) is 6.40. The molecule has 1 aliphatic carbocycles. The molecule has 1 aromatic rings. The fourth-order valence-electron chi connectivity index (χ4n) is 2.87. The Bertz CT molecular complexity index is 665. The Balaban J connectivity index is 2.05. The normalized spacial score (nSPS) is 14.8. The van der Waals surface area contributed by atoms with Crippen LogP contribution in [0.3, 0.4) is 0 Å². The molecule has 0 aromatic heterocycles. The molecule has 1 aromatic carbocycles. The number of carboxylic acid groups (broad SMARTS) is 1. The summed E-state index contributed by atoms with van der Waals surface area (Å²) in [5, 5.41) is 9.12. The number of amides is 2. The average molecular weight is 360 g/mol. The summed E-state index contributed by atoms with van der Waals surface area (Å²) in [6.07, 6.45) is 1.86. The predicted octanol–water partition coefficient (Wildman–Crippen LogP) is 2.63. The van der Waals surface area contributed by atoms with Gasteiger partial charge in [0.1, 0.15) is 0 Å². The number of benzene rings is 1. The lowest BCUT2D eigenvalue weighted by molar-refractivity contribution is -0.141. The SMILES string of the molecule is CC(C)C(=O)N(C)Cc1ccc(C(=O)N(CC(C)C(=O)O)C2CC2)cc1. The molecule has 6 nitrogen and oxygen atoms in total. The van der Waals surface area contributed by atoms with Crippen LogP contribution < -0.4 is 0 Å². The lowest BCUT2D eigenvalue weighted by atomic mass is 10.1. The van der Waals surface area contributed by atoms with Gasteiger partial charge in [0, 0.05) is 37.7 Å². The quantitative estimate of drug-likeness (QED) is 0.773. The van der Waals surface area contributed by atoms with Gasteiger partial charge in [-0.3, -0.25) is 14.4 Å². The molecular formula is C20H28N2O4. The maximum atomic E-state index is 12.8. The van der Waals surface area contributed by atoms with Crippen molar-refractivity contribution in [3.63, 3.8) is 0 Å². The van der Waals surface area contributed by atoms with Crippen molar-refractivity contribution in [2.45, 2.75) is 46.2 Å². The Hall–Kier alpha value is -2.37. The molecule has 0 radical (unpaired) electrons. The van der Waals surface area contributed by atoms with E-state index in [4.69, 9.17) is 5.11 Å². The first-order chi connectivity index (χ1) is 12.2. The number of rotatable bonds is 8. The summed E-state index contributed by atoms with van der Waals surface area (Å²) in [7, 11) is 1.77. The van der Waals surface area contributed by atoms with Crippen molar-refractivity contribution in [1.29, 1.82) is 0 Å². The van der Waals surface area contributed by atoms with E-state index in [-0.39, 0.29) is 30.3 Å². The molecule has 2 rings (SSSR count). The van der Waals surface area contributed by atoms with Gasteiger partial charge in [-0.2, -0.15) is 0 Å². The van der Waals surface area contributed by atoms with Crippen LogP contribution in [0.2, 0.25) is 0 Å². The highest BCUT2D eigenvalue weighted by atomic mass is 16.4. The summed E-state index contributed by atoms with van der Waals surface area (Å²) in [6.45, 7) is 6.08. The molecule has 1 atom stereocenters. The van der Waals surface area contributed by atoms with Gasteiger partial charge >= 0.3 is 5.97 Å². The fraction of sp³-hybridized carbons (Fsp3) is 0.550. The van der Waals surface area contributed by atoms with Crippen molar-refractivity contribution >= 4 is 17.8 Å². The molecule has 0 spiro atoms. The van der Waals surface area contributed by atoms with E-state index < -0.39 is 11.9 Å². The second kappa shape index (κ2) is 8.34. The minimum absolute atomic E-state index is 0.0517. The molecule has 1 aliphatic rings. The molecule has 1 unspecified atom stereocenters. The van der Waals surface area contributed by atoms with Gasteiger partial charge < -0.3 is 14.9 Å². The molecule has 1 fully saturated rings. The van der Waals surface area contributed by atoms with Crippen LogP contribution >= 0.6 is 0 Å². The van der Waals surface area contributed by atoms with Crippen LogP contribution in [0.4, 0.5) is 0 Å². The fourth-order valence-corrected chi connectivity index (χ4v) is 2.87. The van der Waals surface area contributed by atoms with Crippen molar-refractivity contribution in [1.82, 2.24) is 9.80 Å². The molecule has 1 N–H and O–H groups in total. The standard InChI is InChI=1S/C20H28N2O4/c1-13(2)18(23)21(4)12-15-5-7-16(8-6-15)19(24)22(17-9-10-17)11-14(3)20(25)26/h5-8,13-14,17H,9-12H2,1-4H3,(H,25,26). The smallest absolute Gasteiger partial charge is 0.308 e. The van der Waals surface area contributed by atoms with Gasteiger partial charge in [0.2, 0.25) is 5.91 Å². The van der Waals surface area contributed by atoms with Gasteiger partial charge in [-0.25, -0.2) is 0 Å². The maximum Gasteiger partial charge on any atom is 0.308 e. The van der Waals surface area contributed by atoms with Crippen molar-refractivity contribution in [2.75, 3.05) is 13.6 Å². The molecule has 142 valence electrons. The molecule has 0 bridgehead atoms. The molecule has 0 aliphatic heterocycles. The Labute approximate surface area is 154 Å². The van der Waals surface area contributed by atoms with Crippen molar-refractivity contribution in [3.8, 4) is 0 Å². The van der Waals surface area contributed by atoms with Gasteiger partial charge in [0.05, 0.1) is 5.92 Å². The first-order valence-electron chi connectivity index (χ1n) is 9.08. The zero-order valence-electron chi connectivity index (χ0n) is 15.9. The molecule has 6 heteroatoms. The molecule has 26 heavy (non-hydrogen) atoms. The summed E-state index contributed by atoms with van der Waals surface area (Å²) in [5.41, 5.74) is 1.51. The van der Waals surface area contributed by atoms with Crippen molar-refractivity contribution < 1.29 is 19.5 Å². The van der Waals surface area contributed by atoms with Crippen LogP contribution in [-0.4, -0.2) is 52.3 Å². The van der Waals surface area contributed by atoms with Crippen LogP contribution in [-0.2, 0) is 16.1 Å². The van der Waals surface area contributed by atoms with Crippen LogP contribution in [0.15, 0.2) is 24.3 Å². The van der Waals surface area contributed by atoms with Crippen molar-refractivity contribution in [3.05, 3.63) is 35.4 Å². The third kappa shape index (κ3) is 5.07. The number of aliphatic carboxylic acids is 1. The van der Waals surface area contributed by atoms with Gasteiger partial charge in [-0.15, -0.1) is 0 Å². The highest BCUT2D eigenvalue weighted by molar-refractivity contribution is 5.95. The average Bonchev–Trinajstić information content (AvgIpc) is 3.43. The largest absolute Gasteiger partial charge is 0.481 e. The highest BCUT2D eigenvalue weighted by Crippen LogP contribution is 2.29. The van der Waals surface area contributed by atoms with E-state index in [1.807, 2.05) is 26.0 Å². The van der Waals surface area contributed by atoms with E-state index in [2.05, 4.69) is 0 Å². The predicted molar refractivity (Wildman–Crippen MR) is 98.6 cm³/mol. The van der Waals surface area contributed by atoms with Crippen LogP contribution in [0.1, 0.15) is 49.5 Å². The maximum absolute atomic E-state index is 12.8. The minimum atomic E-state index is -0.892. The first kappa shape index (κ1) is 19.9. The molecule has 2 amide bonds. The van der Waals surface area contributed by atoms with Gasteiger partial charge in [0.25, 0.3) is 5.91 Å². The zero-order chi connectivity index (χ0) is 19.4. The number of hydrogen-bond acceptors (Lipinski definition) is 3. The summed E-state index contributed by atoms with van der Waals surface area (Å²) in [6, 6.07) is 7.36. The monoisotopic (exact) mass is 360 g/mol. The van der Waals surface area contributed by atoms with Gasteiger partial charge in [0.15, 0.2) is 0 Å². The summed E-state index contributed by atoms with van der Waals surface area (Å²) < 4.78 is 0. The molecule has 0 saturated heterocycles. The minimum Gasteiger partial charge on any atom is -0.481 e. The molecular weight excluding hydrogens is 332 g/mol. The van der Waals surface area contributed by atoms with Crippen LogP contribution in [0, 0.1) is 11.8 Å². The third-order valence-corrected chi connectivity index (χ3v) is 4.63. The Morgan fingerprint density at radius 1 is 1.12 bits per heavy atom. The highest BCUT2D eigenvalue weighted by Gasteiger charge is 2.34. The summed E-state index contributed by atoms with van der Waals surface area (Å²) >= 11 is 0. The topological polar surface area (TPSA) is 77.9 Å². The molecule has 0 heterocycles. The second-order valence-corrected chi connectivity index (χ2v) is 7.47. The lowest BCUT2D eigenvalue weighted by Crippen LogP contribution is -2.38. The van der Waals surface area contributed by atoms with E-state index >= 15 is 0 Å².